The average molecular weight is 257 g/mol. The smallest absolute Gasteiger partial charge is 0.189 e. The van der Waals surface area contributed by atoms with Crippen LogP contribution in [0.2, 0.25) is 5.02 Å². The zero-order chi connectivity index (χ0) is 11.7. The molecule has 0 atom stereocenters. The van der Waals surface area contributed by atoms with Gasteiger partial charge in [0.15, 0.2) is 5.78 Å². The highest BCUT2D eigenvalue weighted by atomic mass is 35.5. The summed E-state index contributed by atoms with van der Waals surface area (Å²) in [7, 11) is 1.76. The van der Waals surface area contributed by atoms with Crippen LogP contribution >= 0.6 is 23.1 Å². The van der Waals surface area contributed by atoms with Crippen LogP contribution in [0.4, 0.5) is 0 Å². The van der Waals surface area contributed by atoms with Crippen LogP contribution in [0.3, 0.4) is 0 Å². The largest absolute Gasteiger partial charge is 0.292 e. The zero-order valence-electron chi connectivity index (χ0n) is 8.77. The molecule has 0 spiro atoms. The first-order valence-corrected chi connectivity index (χ1v) is 5.79. The maximum absolute atomic E-state index is 11.8. The molecule has 84 valence electrons. The number of aromatic nitrogens is 4. The normalized spacial score (nSPS) is 10.7. The summed E-state index contributed by atoms with van der Waals surface area (Å²) in [4.78, 5) is 11.8. The van der Waals surface area contributed by atoms with Crippen molar-refractivity contribution in [3.05, 3.63) is 27.5 Å². The van der Waals surface area contributed by atoms with Crippen molar-refractivity contribution in [2.45, 2.75) is 13.3 Å². The van der Waals surface area contributed by atoms with E-state index in [2.05, 4.69) is 14.7 Å². The SMILES string of the molecule is Cc1nn(C)c(CC(=O)c2csnn2)c1Cl. The second kappa shape index (κ2) is 4.31. The van der Waals surface area contributed by atoms with Gasteiger partial charge in [-0.25, -0.2) is 0 Å². The number of Topliss-reactive ketones (excluding diaryl/α,β-unsaturated/α-hetero) is 1. The van der Waals surface area contributed by atoms with E-state index in [1.165, 1.54) is 0 Å². The van der Waals surface area contributed by atoms with Gasteiger partial charge in [0.25, 0.3) is 0 Å². The standard InChI is InChI=1S/C9H9ClN4OS/c1-5-9(10)7(14(2)12-5)3-8(15)6-4-16-13-11-6/h4H,3H2,1-2H3. The summed E-state index contributed by atoms with van der Waals surface area (Å²) in [5.41, 5.74) is 1.81. The van der Waals surface area contributed by atoms with Gasteiger partial charge in [-0.05, 0) is 18.5 Å². The summed E-state index contributed by atoms with van der Waals surface area (Å²) in [6.07, 6.45) is 0.196. The summed E-state index contributed by atoms with van der Waals surface area (Å²) >= 11 is 7.21. The number of halogens is 1. The monoisotopic (exact) mass is 256 g/mol. The quantitative estimate of drug-likeness (QED) is 0.784. The zero-order valence-corrected chi connectivity index (χ0v) is 10.3. The van der Waals surface area contributed by atoms with Gasteiger partial charge in [-0.15, -0.1) is 5.10 Å². The van der Waals surface area contributed by atoms with E-state index in [1.807, 2.05) is 0 Å². The highest BCUT2D eigenvalue weighted by Crippen LogP contribution is 2.20. The molecule has 16 heavy (non-hydrogen) atoms. The Morgan fingerprint density at radius 1 is 1.62 bits per heavy atom. The van der Waals surface area contributed by atoms with E-state index in [1.54, 1.807) is 24.0 Å². The molecule has 0 N–H and O–H groups in total. The molecule has 0 radical (unpaired) electrons. The van der Waals surface area contributed by atoms with Crippen LogP contribution < -0.4 is 0 Å². The fourth-order valence-electron chi connectivity index (χ4n) is 1.40. The lowest BCUT2D eigenvalue weighted by atomic mass is 10.2. The number of hydrogen-bond acceptors (Lipinski definition) is 5. The minimum atomic E-state index is -0.0985. The van der Waals surface area contributed by atoms with Gasteiger partial charge >= 0.3 is 0 Å². The van der Waals surface area contributed by atoms with Gasteiger partial charge in [-0.3, -0.25) is 9.48 Å². The first kappa shape index (κ1) is 11.2. The Labute approximate surface area is 101 Å². The van der Waals surface area contributed by atoms with Gasteiger partial charge in [0.2, 0.25) is 0 Å². The Morgan fingerprint density at radius 3 is 2.88 bits per heavy atom. The minimum Gasteiger partial charge on any atom is -0.292 e. The van der Waals surface area contributed by atoms with Gasteiger partial charge in [0, 0.05) is 12.4 Å². The molecule has 0 aromatic carbocycles. The molecule has 0 saturated heterocycles. The summed E-state index contributed by atoms with van der Waals surface area (Å²) in [5.74, 6) is -0.0985. The first-order valence-electron chi connectivity index (χ1n) is 4.58. The van der Waals surface area contributed by atoms with E-state index in [-0.39, 0.29) is 12.2 Å². The van der Waals surface area contributed by atoms with Crippen LogP contribution in [-0.4, -0.2) is 25.2 Å². The Balaban J connectivity index is 2.25. The van der Waals surface area contributed by atoms with E-state index in [0.29, 0.717) is 16.4 Å². The molecule has 0 fully saturated rings. The maximum Gasteiger partial charge on any atom is 0.189 e. The Kier molecular flexibility index (Phi) is 3.02. The lowest BCUT2D eigenvalue weighted by molar-refractivity contribution is 0.0986. The molecular weight excluding hydrogens is 248 g/mol. The summed E-state index contributed by atoms with van der Waals surface area (Å²) in [6.45, 7) is 1.81. The molecule has 0 saturated carbocycles. The second-order valence-electron chi connectivity index (χ2n) is 3.36. The second-order valence-corrected chi connectivity index (χ2v) is 4.35. The van der Waals surface area contributed by atoms with Crippen molar-refractivity contribution < 1.29 is 4.79 Å². The molecule has 2 rings (SSSR count). The fraction of sp³-hybridized carbons (Fsp3) is 0.333. The Hall–Kier alpha value is -1.27. The molecule has 5 nitrogen and oxygen atoms in total. The molecule has 0 aliphatic rings. The van der Waals surface area contributed by atoms with Crippen molar-refractivity contribution in [1.29, 1.82) is 0 Å². The van der Waals surface area contributed by atoms with Crippen LogP contribution in [0.1, 0.15) is 21.9 Å². The topological polar surface area (TPSA) is 60.7 Å². The van der Waals surface area contributed by atoms with E-state index >= 15 is 0 Å². The molecule has 0 aliphatic carbocycles. The van der Waals surface area contributed by atoms with Crippen molar-refractivity contribution in [1.82, 2.24) is 19.4 Å². The van der Waals surface area contributed by atoms with Gasteiger partial charge < -0.3 is 0 Å². The fourth-order valence-corrected chi connectivity index (χ4v) is 2.09. The van der Waals surface area contributed by atoms with Crippen LogP contribution in [0.25, 0.3) is 0 Å². The van der Waals surface area contributed by atoms with Crippen molar-refractivity contribution in [2.24, 2.45) is 7.05 Å². The Bertz CT molecular complexity index is 520. The highest BCUT2D eigenvalue weighted by molar-refractivity contribution is 7.03. The van der Waals surface area contributed by atoms with Crippen LogP contribution in [0.15, 0.2) is 5.38 Å². The highest BCUT2D eigenvalue weighted by Gasteiger charge is 2.17. The van der Waals surface area contributed by atoms with E-state index in [0.717, 1.165) is 17.2 Å². The van der Waals surface area contributed by atoms with E-state index < -0.39 is 0 Å². The minimum absolute atomic E-state index is 0.0985. The summed E-state index contributed by atoms with van der Waals surface area (Å²) in [5, 5.41) is 10.0. The molecule has 0 bridgehead atoms. The number of nitrogens with zero attached hydrogens (tertiary/aromatic N) is 4. The molecule has 2 heterocycles. The van der Waals surface area contributed by atoms with Gasteiger partial charge in [-0.1, -0.05) is 16.1 Å². The number of carbonyl (C=O) groups excluding carboxylic acids is 1. The van der Waals surface area contributed by atoms with Gasteiger partial charge in [0.1, 0.15) is 5.69 Å². The lowest BCUT2D eigenvalue weighted by Gasteiger charge is -1.99. The molecule has 0 aliphatic heterocycles. The molecule has 2 aromatic heterocycles. The third-order valence-corrected chi connectivity index (χ3v) is 3.23. The number of aryl methyl sites for hydroxylation is 2. The average Bonchev–Trinajstić information content (AvgIpc) is 2.83. The van der Waals surface area contributed by atoms with E-state index in [4.69, 9.17) is 11.6 Å². The van der Waals surface area contributed by atoms with Crippen molar-refractivity contribution >= 4 is 28.9 Å². The van der Waals surface area contributed by atoms with Crippen LogP contribution in [0.5, 0.6) is 0 Å². The number of hydrogen-bond donors (Lipinski definition) is 0. The summed E-state index contributed by atoms with van der Waals surface area (Å²) in [6, 6.07) is 0. The van der Waals surface area contributed by atoms with Crippen molar-refractivity contribution in [3.8, 4) is 0 Å². The number of rotatable bonds is 3. The molecule has 2 aromatic rings. The van der Waals surface area contributed by atoms with E-state index in [9.17, 15) is 4.79 Å². The first-order chi connectivity index (χ1) is 7.59. The molecule has 0 unspecified atom stereocenters. The Morgan fingerprint density at radius 2 is 2.38 bits per heavy atom. The lowest BCUT2D eigenvalue weighted by Crippen LogP contribution is -2.08. The van der Waals surface area contributed by atoms with Crippen molar-refractivity contribution in [2.75, 3.05) is 0 Å². The molecule has 0 amide bonds. The van der Waals surface area contributed by atoms with Crippen LogP contribution in [-0.2, 0) is 13.5 Å². The van der Waals surface area contributed by atoms with Gasteiger partial charge in [-0.2, -0.15) is 5.10 Å². The number of ketones is 1. The molecular formula is C9H9ClN4OS. The van der Waals surface area contributed by atoms with Crippen molar-refractivity contribution in [3.63, 3.8) is 0 Å². The predicted molar refractivity (Wildman–Crippen MR) is 60.9 cm³/mol. The maximum atomic E-state index is 11.8. The van der Waals surface area contributed by atoms with Crippen LogP contribution in [0, 0.1) is 6.92 Å². The third-order valence-electron chi connectivity index (χ3n) is 2.24. The third kappa shape index (κ3) is 1.98. The molecule has 7 heteroatoms. The van der Waals surface area contributed by atoms with Gasteiger partial charge in [0.05, 0.1) is 22.8 Å². The summed E-state index contributed by atoms with van der Waals surface area (Å²) < 4.78 is 5.27. The number of carbonyl (C=O) groups is 1. The predicted octanol–water partition coefficient (Wildman–Crippen LogP) is 1.66.